The number of hydrogen-bond donors (Lipinski definition) is 3. The molecule has 0 spiro atoms. The lowest BCUT2D eigenvalue weighted by molar-refractivity contribution is 0.0544. The van der Waals surface area contributed by atoms with Gasteiger partial charge in [-0.3, -0.25) is 14.4 Å². The average Bonchev–Trinajstić information content (AvgIpc) is 3.80. The number of aromatic amines is 1. The molecule has 3 heterocycles. The highest BCUT2D eigenvalue weighted by molar-refractivity contribution is 6.08. The van der Waals surface area contributed by atoms with Crippen molar-refractivity contribution in [1.29, 1.82) is 0 Å². The number of H-pyrrole nitrogens is 1. The normalized spacial score (nSPS) is 13.8. The molecule has 0 aliphatic carbocycles. The first-order chi connectivity index (χ1) is 25.7. The molecule has 6 rings (SSSR count). The summed E-state index contributed by atoms with van der Waals surface area (Å²) in [6.45, 7) is 7.44. The molecule has 1 aliphatic heterocycles. The van der Waals surface area contributed by atoms with Gasteiger partial charge in [-0.05, 0) is 79.8 Å². The fourth-order valence-electron chi connectivity index (χ4n) is 6.96. The van der Waals surface area contributed by atoms with Crippen molar-refractivity contribution in [3.63, 3.8) is 0 Å². The van der Waals surface area contributed by atoms with Gasteiger partial charge in [0.15, 0.2) is 17.2 Å². The van der Waals surface area contributed by atoms with E-state index >= 15 is 0 Å². The summed E-state index contributed by atoms with van der Waals surface area (Å²) in [5, 5.41) is 18.8. The molecule has 3 aromatic carbocycles. The summed E-state index contributed by atoms with van der Waals surface area (Å²) >= 11 is 0. The Hall–Kier alpha value is -5.62. The van der Waals surface area contributed by atoms with Crippen molar-refractivity contribution in [1.82, 2.24) is 24.6 Å². The van der Waals surface area contributed by atoms with E-state index in [1.54, 1.807) is 60.2 Å². The molecule has 278 valence electrons. The Kier molecular flexibility index (Phi) is 11.5. The molecule has 53 heavy (non-hydrogen) atoms. The topological polar surface area (TPSA) is 142 Å². The number of carbonyl (C=O) groups excluding carboxylic acids is 3. The number of fused-ring (bicyclic) bond motifs is 2. The van der Waals surface area contributed by atoms with E-state index in [1.807, 2.05) is 42.2 Å². The number of unbranched alkanes of at least 4 members (excludes halogenated alkanes) is 2. The lowest BCUT2D eigenvalue weighted by atomic mass is 9.93. The lowest BCUT2D eigenvalue weighted by Crippen LogP contribution is -2.46. The molecule has 3 amide bonds. The van der Waals surface area contributed by atoms with Crippen molar-refractivity contribution in [3.05, 3.63) is 101 Å². The minimum atomic E-state index is -0.455. The Bertz CT molecular complexity index is 2110. The second kappa shape index (κ2) is 16.4. The first-order valence-corrected chi connectivity index (χ1v) is 18.2. The van der Waals surface area contributed by atoms with Crippen molar-refractivity contribution >= 4 is 34.3 Å². The van der Waals surface area contributed by atoms with Gasteiger partial charge in [-0.1, -0.05) is 51.0 Å². The van der Waals surface area contributed by atoms with E-state index in [-0.39, 0.29) is 24.0 Å². The van der Waals surface area contributed by atoms with E-state index in [9.17, 15) is 19.5 Å². The predicted molar refractivity (Wildman–Crippen MR) is 204 cm³/mol. The standard InChI is InChI=1S/C41H48N6O6/c1-6-8-18-45(19-9-7-2)41(51)35-20-26(3)47(44-35)36-16-14-29(42-39(49)34-23-31-33(43-34)15-17-37(52-4)38(31)53-5)22-32(36)40(50)46-24-28-13-11-10-12-27(28)21-30(46)25-48/h10-17,20,22-23,30,43,48H,6-9,18-19,21,24-25H2,1-5H3,(H,42,49)/t30-/m0/s1. The number of nitrogens with one attached hydrogen (secondary N) is 2. The van der Waals surface area contributed by atoms with Crippen molar-refractivity contribution in [2.45, 2.75) is 65.5 Å². The number of hydrogen-bond acceptors (Lipinski definition) is 7. The zero-order valence-corrected chi connectivity index (χ0v) is 31.1. The van der Waals surface area contributed by atoms with Gasteiger partial charge in [0.05, 0.1) is 43.6 Å². The van der Waals surface area contributed by atoms with Crippen molar-refractivity contribution in [2.24, 2.45) is 0 Å². The van der Waals surface area contributed by atoms with Crippen molar-refractivity contribution < 1.29 is 29.0 Å². The quantitative estimate of drug-likeness (QED) is 0.118. The molecular weight excluding hydrogens is 672 g/mol. The zero-order chi connectivity index (χ0) is 37.6. The fourth-order valence-corrected chi connectivity index (χ4v) is 6.96. The third-order valence-corrected chi connectivity index (χ3v) is 9.88. The number of aromatic nitrogens is 3. The minimum Gasteiger partial charge on any atom is -0.493 e. The molecule has 0 unspecified atom stereocenters. The van der Waals surface area contributed by atoms with Crippen LogP contribution in [-0.4, -0.2) is 87.4 Å². The van der Waals surface area contributed by atoms with Crippen LogP contribution < -0.4 is 14.8 Å². The summed E-state index contributed by atoms with van der Waals surface area (Å²) in [6, 6.07) is 19.5. The molecule has 0 bridgehead atoms. The first kappa shape index (κ1) is 37.1. The summed E-state index contributed by atoms with van der Waals surface area (Å²) in [5.74, 6) is 0.148. The number of rotatable bonds is 14. The van der Waals surface area contributed by atoms with Crippen molar-refractivity contribution in [2.75, 3.05) is 39.2 Å². The van der Waals surface area contributed by atoms with Gasteiger partial charge in [0.2, 0.25) is 0 Å². The maximum atomic E-state index is 14.7. The molecule has 0 radical (unpaired) electrons. The largest absolute Gasteiger partial charge is 0.493 e. The van der Waals surface area contributed by atoms with E-state index in [0.717, 1.165) is 36.8 Å². The van der Waals surface area contributed by atoms with Gasteiger partial charge in [0.25, 0.3) is 17.7 Å². The predicted octanol–water partition coefficient (Wildman–Crippen LogP) is 6.53. The molecule has 12 heteroatoms. The Morgan fingerprint density at radius 3 is 2.38 bits per heavy atom. The van der Waals surface area contributed by atoms with Crippen molar-refractivity contribution in [3.8, 4) is 17.2 Å². The number of ether oxygens (including phenoxy) is 2. The number of aliphatic hydroxyl groups excluding tert-OH is 1. The van der Waals surface area contributed by atoms with Crippen LogP contribution in [0.5, 0.6) is 11.5 Å². The second-order valence-corrected chi connectivity index (χ2v) is 13.5. The average molecular weight is 721 g/mol. The zero-order valence-electron chi connectivity index (χ0n) is 31.1. The van der Waals surface area contributed by atoms with Gasteiger partial charge >= 0.3 is 0 Å². The van der Waals surface area contributed by atoms with Crippen LogP contribution in [0.2, 0.25) is 0 Å². The minimum absolute atomic E-state index is 0.147. The molecule has 5 aromatic rings. The summed E-state index contributed by atoms with van der Waals surface area (Å²) in [5.41, 5.74) is 5.16. The maximum Gasteiger partial charge on any atom is 0.274 e. The Morgan fingerprint density at radius 2 is 1.70 bits per heavy atom. The lowest BCUT2D eigenvalue weighted by Gasteiger charge is -2.36. The van der Waals surface area contributed by atoms with Crippen LogP contribution in [-0.2, 0) is 13.0 Å². The van der Waals surface area contributed by atoms with Crippen LogP contribution in [0.4, 0.5) is 5.69 Å². The molecular formula is C41H48N6O6. The Morgan fingerprint density at radius 1 is 0.962 bits per heavy atom. The summed E-state index contributed by atoms with van der Waals surface area (Å²) < 4.78 is 12.6. The number of nitrogens with zero attached hydrogens (tertiary/aromatic N) is 4. The fraction of sp³-hybridized carbons (Fsp3) is 0.366. The molecule has 1 aliphatic rings. The van der Waals surface area contributed by atoms with Crippen LogP contribution in [0.3, 0.4) is 0 Å². The van der Waals surface area contributed by atoms with Gasteiger partial charge in [-0.25, -0.2) is 4.68 Å². The van der Waals surface area contributed by atoms with E-state index in [4.69, 9.17) is 14.6 Å². The Balaban J connectivity index is 1.38. The SMILES string of the molecule is CCCCN(CCCC)C(=O)c1cc(C)n(-c2ccc(NC(=O)c3cc4c(OC)c(OC)ccc4[nH]3)cc2C(=O)N2Cc3ccccc3C[C@H]2CO)n1. The summed E-state index contributed by atoms with van der Waals surface area (Å²) in [6.07, 6.45) is 4.23. The number of carbonyl (C=O) groups is 3. The van der Waals surface area contributed by atoms with Gasteiger partial charge < -0.3 is 34.7 Å². The van der Waals surface area contributed by atoms with Gasteiger partial charge in [0.1, 0.15) is 5.69 Å². The van der Waals surface area contributed by atoms with Crippen LogP contribution >= 0.6 is 0 Å². The highest BCUT2D eigenvalue weighted by Gasteiger charge is 2.32. The Labute approximate surface area is 309 Å². The maximum absolute atomic E-state index is 14.7. The summed E-state index contributed by atoms with van der Waals surface area (Å²) in [4.78, 5) is 48.8. The second-order valence-electron chi connectivity index (χ2n) is 13.5. The van der Waals surface area contributed by atoms with Crippen LogP contribution in [0, 0.1) is 6.92 Å². The van der Waals surface area contributed by atoms with E-state index in [0.29, 0.717) is 76.9 Å². The van der Waals surface area contributed by atoms with Gasteiger partial charge in [-0.15, -0.1) is 0 Å². The summed E-state index contributed by atoms with van der Waals surface area (Å²) in [7, 11) is 3.10. The van der Waals surface area contributed by atoms with Gasteiger partial charge in [-0.2, -0.15) is 5.10 Å². The van der Waals surface area contributed by atoms with E-state index < -0.39 is 11.9 Å². The molecule has 0 fully saturated rings. The number of methoxy groups -OCH3 is 2. The van der Waals surface area contributed by atoms with E-state index in [1.165, 1.54) is 0 Å². The number of benzene rings is 3. The number of anilines is 1. The number of aliphatic hydroxyl groups is 1. The monoisotopic (exact) mass is 720 g/mol. The number of amides is 3. The van der Waals surface area contributed by atoms with Crippen LogP contribution in [0.1, 0.15) is 87.7 Å². The molecule has 0 saturated heterocycles. The third kappa shape index (κ3) is 7.64. The molecule has 12 nitrogen and oxygen atoms in total. The molecule has 0 saturated carbocycles. The van der Waals surface area contributed by atoms with Crippen LogP contribution in [0.25, 0.3) is 16.6 Å². The highest BCUT2D eigenvalue weighted by atomic mass is 16.5. The highest BCUT2D eigenvalue weighted by Crippen LogP contribution is 2.36. The number of aryl methyl sites for hydroxylation is 1. The van der Waals surface area contributed by atoms with Gasteiger partial charge in [0, 0.05) is 36.4 Å². The molecule has 2 aromatic heterocycles. The third-order valence-electron chi connectivity index (χ3n) is 9.88. The first-order valence-electron chi connectivity index (χ1n) is 18.2. The smallest absolute Gasteiger partial charge is 0.274 e. The molecule has 1 atom stereocenters. The van der Waals surface area contributed by atoms with E-state index in [2.05, 4.69) is 24.1 Å². The van der Waals surface area contributed by atoms with Crippen LogP contribution in [0.15, 0.2) is 66.7 Å². The molecule has 3 N–H and O–H groups in total.